The Labute approximate surface area is 162 Å². The highest BCUT2D eigenvalue weighted by atomic mass is 32.2. The van der Waals surface area contributed by atoms with Gasteiger partial charge in [-0.2, -0.15) is 8.42 Å². The Morgan fingerprint density at radius 1 is 1.36 bits per heavy atom. The van der Waals surface area contributed by atoms with Gasteiger partial charge in [0.1, 0.15) is 24.9 Å². The number of carboxylic acids is 1. The van der Waals surface area contributed by atoms with E-state index < -0.39 is 34.0 Å². The number of rotatable bonds is 13. The van der Waals surface area contributed by atoms with Gasteiger partial charge >= 0.3 is 11.9 Å². The molecule has 28 heavy (non-hydrogen) atoms. The summed E-state index contributed by atoms with van der Waals surface area (Å²) in [6.07, 6.45) is 3.25. The summed E-state index contributed by atoms with van der Waals surface area (Å²) in [7, 11) is -3.64. The van der Waals surface area contributed by atoms with Crippen molar-refractivity contribution in [3.63, 3.8) is 0 Å². The number of carbonyl (C=O) groups excluding carboxylic acids is 2. The van der Waals surface area contributed by atoms with E-state index in [1.165, 1.54) is 6.20 Å². The number of nitrogens with zero attached hydrogens (tertiary/aromatic N) is 3. The number of unbranched alkanes of at least 4 members (excludes halogenated alkanes) is 1. The van der Waals surface area contributed by atoms with Crippen LogP contribution in [0.2, 0.25) is 0 Å². The monoisotopic (exact) mass is 420 g/mol. The lowest BCUT2D eigenvalue weighted by Gasteiger charge is -2.17. The smallest absolute Gasteiger partial charge is 0.328 e. The average molecular weight is 420 g/mol. The number of ether oxygens (including phenoxy) is 1. The molecule has 1 atom stereocenters. The van der Waals surface area contributed by atoms with Crippen molar-refractivity contribution >= 4 is 28.0 Å². The molecule has 0 saturated carbocycles. The number of amides is 1. The minimum absolute atomic E-state index is 0.114. The number of nitrogens with one attached hydrogen (secondary N) is 1. The molecular weight excluding hydrogens is 396 g/mol. The molecule has 13 heteroatoms. The third-order valence-electron chi connectivity index (χ3n) is 3.32. The summed E-state index contributed by atoms with van der Waals surface area (Å²) in [5.74, 6) is -2.42. The minimum Gasteiger partial charge on any atom is -0.481 e. The van der Waals surface area contributed by atoms with Crippen LogP contribution in [0.3, 0.4) is 0 Å². The fourth-order valence-electron chi connectivity index (χ4n) is 1.97. The van der Waals surface area contributed by atoms with E-state index >= 15 is 0 Å². The van der Waals surface area contributed by atoms with Crippen LogP contribution in [-0.4, -0.2) is 65.3 Å². The van der Waals surface area contributed by atoms with E-state index in [0.717, 1.165) is 17.4 Å². The SMILES string of the molecule is CCCCOC(=O)[C@H](CCC(=O)O)NC(=O)Cn1cc(COS(C)(=O)=O)nn1. The van der Waals surface area contributed by atoms with E-state index in [0.29, 0.717) is 6.42 Å². The molecule has 0 aliphatic carbocycles. The van der Waals surface area contributed by atoms with Crippen molar-refractivity contribution in [1.29, 1.82) is 0 Å². The standard InChI is InChI=1S/C15H24N4O8S/c1-3-4-7-26-15(23)12(5-6-14(21)22)16-13(20)9-19-8-11(17-18-19)10-27-28(2,24)25/h8,12H,3-7,9-10H2,1-2H3,(H,16,20)(H,21,22)/t12-/m0/s1. The zero-order valence-electron chi connectivity index (χ0n) is 15.7. The number of hydrogen-bond donors (Lipinski definition) is 2. The lowest BCUT2D eigenvalue weighted by molar-refractivity contribution is -0.148. The summed E-state index contributed by atoms with van der Waals surface area (Å²) in [6, 6.07) is -1.10. The summed E-state index contributed by atoms with van der Waals surface area (Å²) in [5.41, 5.74) is 0.194. The van der Waals surface area contributed by atoms with Crippen molar-refractivity contribution in [3.8, 4) is 0 Å². The lowest BCUT2D eigenvalue weighted by Crippen LogP contribution is -2.43. The third-order valence-corrected chi connectivity index (χ3v) is 3.87. The Morgan fingerprint density at radius 3 is 2.68 bits per heavy atom. The first-order valence-electron chi connectivity index (χ1n) is 8.52. The molecule has 1 heterocycles. The molecule has 0 fully saturated rings. The van der Waals surface area contributed by atoms with Crippen LogP contribution >= 0.6 is 0 Å². The van der Waals surface area contributed by atoms with Gasteiger partial charge in [0.2, 0.25) is 5.91 Å². The molecule has 0 aliphatic rings. The van der Waals surface area contributed by atoms with Gasteiger partial charge in [-0.25, -0.2) is 9.48 Å². The molecule has 1 amide bonds. The maximum absolute atomic E-state index is 12.1. The van der Waals surface area contributed by atoms with Crippen molar-refractivity contribution in [2.45, 2.75) is 51.8 Å². The number of aromatic nitrogens is 3. The van der Waals surface area contributed by atoms with Gasteiger partial charge in [0.05, 0.1) is 19.1 Å². The average Bonchev–Trinajstić information content (AvgIpc) is 3.03. The van der Waals surface area contributed by atoms with Crippen molar-refractivity contribution in [1.82, 2.24) is 20.3 Å². The quantitative estimate of drug-likeness (QED) is 0.240. The second-order valence-electron chi connectivity index (χ2n) is 5.95. The molecule has 0 spiro atoms. The molecule has 0 radical (unpaired) electrons. The fraction of sp³-hybridized carbons (Fsp3) is 0.667. The maximum Gasteiger partial charge on any atom is 0.328 e. The molecule has 1 aromatic rings. The predicted molar refractivity (Wildman–Crippen MR) is 94.3 cm³/mol. The predicted octanol–water partition coefficient (Wildman–Crippen LogP) is -0.553. The summed E-state index contributed by atoms with van der Waals surface area (Å²) in [4.78, 5) is 35.0. The van der Waals surface area contributed by atoms with Gasteiger partial charge in [0.25, 0.3) is 10.1 Å². The topological polar surface area (TPSA) is 167 Å². The van der Waals surface area contributed by atoms with Crippen LogP contribution in [0.15, 0.2) is 6.20 Å². The highest BCUT2D eigenvalue weighted by Gasteiger charge is 2.23. The largest absolute Gasteiger partial charge is 0.481 e. The molecule has 158 valence electrons. The number of aliphatic carboxylic acids is 1. The van der Waals surface area contributed by atoms with Crippen LogP contribution in [0.1, 0.15) is 38.3 Å². The first kappa shape index (κ1) is 23.5. The Morgan fingerprint density at radius 2 is 2.07 bits per heavy atom. The highest BCUT2D eigenvalue weighted by molar-refractivity contribution is 7.85. The zero-order chi connectivity index (χ0) is 21.2. The van der Waals surface area contributed by atoms with Crippen LogP contribution in [0, 0.1) is 0 Å². The number of carboxylic acid groups (broad SMARTS) is 1. The lowest BCUT2D eigenvalue weighted by atomic mass is 10.1. The summed E-state index contributed by atoms with van der Waals surface area (Å²) < 4.78 is 32.6. The second-order valence-corrected chi connectivity index (χ2v) is 7.59. The van der Waals surface area contributed by atoms with E-state index in [9.17, 15) is 22.8 Å². The Balaban J connectivity index is 2.62. The molecule has 2 N–H and O–H groups in total. The Bertz CT molecular complexity index is 777. The molecule has 0 saturated heterocycles. The van der Waals surface area contributed by atoms with Crippen LogP contribution in [0.5, 0.6) is 0 Å². The molecule has 0 aliphatic heterocycles. The van der Waals surface area contributed by atoms with Crippen molar-refractivity contribution < 1.29 is 36.8 Å². The second kappa shape index (κ2) is 11.3. The molecule has 0 bridgehead atoms. The highest BCUT2D eigenvalue weighted by Crippen LogP contribution is 2.03. The molecule has 1 aromatic heterocycles. The van der Waals surface area contributed by atoms with Crippen LogP contribution in [-0.2, 0) is 46.6 Å². The maximum atomic E-state index is 12.1. The first-order valence-corrected chi connectivity index (χ1v) is 10.3. The van der Waals surface area contributed by atoms with E-state index in [1.54, 1.807) is 0 Å². The van der Waals surface area contributed by atoms with E-state index in [4.69, 9.17) is 9.84 Å². The molecule has 1 rings (SSSR count). The van der Waals surface area contributed by atoms with E-state index in [2.05, 4.69) is 19.8 Å². The van der Waals surface area contributed by atoms with Gasteiger partial charge < -0.3 is 15.2 Å². The molecular formula is C15H24N4O8S. The number of carbonyl (C=O) groups is 3. The Kier molecular flexibility index (Phi) is 9.51. The summed E-state index contributed by atoms with van der Waals surface area (Å²) >= 11 is 0. The fourth-order valence-corrected chi connectivity index (χ4v) is 2.31. The van der Waals surface area contributed by atoms with Crippen molar-refractivity contribution in [2.24, 2.45) is 0 Å². The zero-order valence-corrected chi connectivity index (χ0v) is 16.5. The number of esters is 1. The van der Waals surface area contributed by atoms with Gasteiger partial charge in [-0.15, -0.1) is 5.10 Å². The first-order chi connectivity index (χ1) is 13.1. The van der Waals surface area contributed by atoms with Crippen LogP contribution in [0.25, 0.3) is 0 Å². The summed E-state index contributed by atoms with van der Waals surface area (Å²) in [6.45, 7) is 1.47. The van der Waals surface area contributed by atoms with Gasteiger partial charge in [-0.1, -0.05) is 18.6 Å². The molecule has 0 unspecified atom stereocenters. The van der Waals surface area contributed by atoms with Crippen molar-refractivity contribution in [3.05, 3.63) is 11.9 Å². The van der Waals surface area contributed by atoms with Crippen LogP contribution in [0.4, 0.5) is 0 Å². The molecule has 12 nitrogen and oxygen atoms in total. The normalized spacial score (nSPS) is 12.4. The van der Waals surface area contributed by atoms with E-state index in [-0.39, 0.29) is 38.3 Å². The van der Waals surface area contributed by atoms with Crippen LogP contribution < -0.4 is 5.32 Å². The van der Waals surface area contributed by atoms with Crippen molar-refractivity contribution in [2.75, 3.05) is 12.9 Å². The van der Waals surface area contributed by atoms with Gasteiger partial charge in [0.15, 0.2) is 0 Å². The summed E-state index contributed by atoms with van der Waals surface area (Å²) in [5, 5.41) is 18.6. The van der Waals surface area contributed by atoms with Gasteiger partial charge in [0, 0.05) is 6.42 Å². The third kappa shape index (κ3) is 9.97. The number of hydrogen-bond acceptors (Lipinski definition) is 9. The molecule has 0 aromatic carbocycles. The van der Waals surface area contributed by atoms with E-state index in [1.807, 2.05) is 6.92 Å². The minimum atomic E-state index is -3.64. The Hall–Kier alpha value is -2.54. The van der Waals surface area contributed by atoms with Gasteiger partial charge in [-0.05, 0) is 12.8 Å². The van der Waals surface area contributed by atoms with Gasteiger partial charge in [-0.3, -0.25) is 13.8 Å².